The van der Waals surface area contributed by atoms with Gasteiger partial charge < -0.3 is 4.57 Å². The van der Waals surface area contributed by atoms with Crippen LogP contribution in [0.15, 0.2) is 176 Å². The fourth-order valence-corrected chi connectivity index (χ4v) is 8.26. The van der Waals surface area contributed by atoms with Crippen LogP contribution in [0.1, 0.15) is 0 Å². The minimum atomic E-state index is 0.943. The van der Waals surface area contributed by atoms with Gasteiger partial charge in [-0.15, -0.1) is 11.3 Å². The summed E-state index contributed by atoms with van der Waals surface area (Å²) in [6, 6.07) is 60.8. The van der Waals surface area contributed by atoms with Gasteiger partial charge in [0.25, 0.3) is 0 Å². The van der Waals surface area contributed by atoms with Gasteiger partial charge in [0.15, 0.2) is 0 Å². The Morgan fingerprint density at radius 1 is 0.500 bits per heavy atom. The fourth-order valence-electron chi connectivity index (χ4n) is 7.30. The number of para-hydroxylation sites is 1. The second kappa shape index (κ2) is 11.7. The first-order valence-electron chi connectivity index (χ1n) is 16.8. The number of benzene rings is 7. The van der Waals surface area contributed by atoms with Gasteiger partial charge in [-0.2, -0.15) is 0 Å². The van der Waals surface area contributed by atoms with Crippen molar-refractivity contribution in [2.75, 3.05) is 0 Å². The molecule has 3 aromatic heterocycles. The van der Waals surface area contributed by atoms with Crippen LogP contribution in [0.25, 0.3) is 92.6 Å². The molecule has 0 fully saturated rings. The van der Waals surface area contributed by atoms with Gasteiger partial charge in [-0.05, 0) is 81.2 Å². The molecule has 0 saturated carbocycles. The Morgan fingerprint density at radius 3 is 2.02 bits per heavy atom. The van der Waals surface area contributed by atoms with E-state index < -0.39 is 0 Å². The minimum absolute atomic E-state index is 0.943. The maximum Gasteiger partial charge on any atom is 0.126 e. The van der Waals surface area contributed by atoms with Gasteiger partial charge in [0.05, 0.1) is 27.1 Å². The summed E-state index contributed by atoms with van der Waals surface area (Å²) in [5.41, 5.74) is 11.2. The van der Waals surface area contributed by atoms with E-state index in [0.717, 1.165) is 33.0 Å². The van der Waals surface area contributed by atoms with Crippen LogP contribution in [0, 0.1) is 0 Å². The fraction of sp³-hybridized carbons (Fsp3) is 0. The SMILES string of the molecule is c1ccc(-c2c(-c3ccccc3)n(-c3ccc4ccccc4c3)c3ccc4cc(-c5ccc(-c6nc7ccccc7s6)cn5)ccc4c23)cc1. The molecule has 50 heavy (non-hydrogen) atoms. The number of hydrogen-bond acceptors (Lipinski definition) is 3. The molecular formula is C46H29N3S. The Balaban J connectivity index is 1.18. The van der Waals surface area contributed by atoms with Gasteiger partial charge in [0, 0.05) is 34.0 Å². The van der Waals surface area contributed by atoms with E-state index in [1.54, 1.807) is 11.3 Å². The van der Waals surface area contributed by atoms with Crippen molar-refractivity contribution in [1.82, 2.24) is 14.5 Å². The van der Waals surface area contributed by atoms with Crippen molar-refractivity contribution in [3.05, 3.63) is 176 Å². The number of fused-ring (bicyclic) bond motifs is 5. The number of rotatable bonds is 5. The van der Waals surface area contributed by atoms with Crippen LogP contribution < -0.4 is 0 Å². The molecule has 0 aliphatic rings. The van der Waals surface area contributed by atoms with Gasteiger partial charge in [-0.3, -0.25) is 4.98 Å². The van der Waals surface area contributed by atoms with Crippen LogP contribution in [0.5, 0.6) is 0 Å². The van der Waals surface area contributed by atoms with Gasteiger partial charge in [0.2, 0.25) is 0 Å². The molecule has 0 atom stereocenters. The predicted octanol–water partition coefficient (Wildman–Crippen LogP) is 12.6. The normalized spacial score (nSPS) is 11.6. The molecule has 0 aliphatic heterocycles. The van der Waals surface area contributed by atoms with Crippen molar-refractivity contribution in [3.8, 4) is 49.9 Å². The van der Waals surface area contributed by atoms with Crippen LogP contribution in [0.2, 0.25) is 0 Å². The Kier molecular flexibility index (Phi) is 6.68. The largest absolute Gasteiger partial charge is 0.309 e. The van der Waals surface area contributed by atoms with Crippen LogP contribution in [-0.4, -0.2) is 14.5 Å². The lowest BCUT2D eigenvalue weighted by Gasteiger charge is -2.14. The molecule has 7 aromatic carbocycles. The molecule has 3 heterocycles. The van der Waals surface area contributed by atoms with E-state index in [2.05, 4.69) is 168 Å². The number of pyridine rings is 1. The second-order valence-electron chi connectivity index (χ2n) is 12.6. The maximum absolute atomic E-state index is 4.91. The van der Waals surface area contributed by atoms with E-state index in [4.69, 9.17) is 9.97 Å². The molecule has 3 nitrogen and oxygen atoms in total. The zero-order valence-electron chi connectivity index (χ0n) is 27.0. The Morgan fingerprint density at radius 2 is 1.22 bits per heavy atom. The van der Waals surface area contributed by atoms with Gasteiger partial charge in [-0.25, -0.2) is 4.98 Å². The highest BCUT2D eigenvalue weighted by atomic mass is 32.1. The Bertz CT molecular complexity index is 2820. The summed E-state index contributed by atoms with van der Waals surface area (Å²) >= 11 is 1.70. The van der Waals surface area contributed by atoms with Crippen LogP contribution in [-0.2, 0) is 0 Å². The zero-order valence-corrected chi connectivity index (χ0v) is 27.8. The summed E-state index contributed by atoms with van der Waals surface area (Å²) in [6.07, 6.45) is 1.95. The topological polar surface area (TPSA) is 30.7 Å². The van der Waals surface area contributed by atoms with E-state index in [0.29, 0.717) is 0 Å². The summed E-state index contributed by atoms with van der Waals surface area (Å²) in [6.45, 7) is 0. The van der Waals surface area contributed by atoms with Gasteiger partial charge in [0.1, 0.15) is 5.01 Å². The first-order chi connectivity index (χ1) is 24.8. The zero-order chi connectivity index (χ0) is 33.0. The van der Waals surface area contributed by atoms with Crippen molar-refractivity contribution in [2.45, 2.75) is 0 Å². The highest BCUT2D eigenvalue weighted by Gasteiger charge is 2.23. The highest BCUT2D eigenvalue weighted by Crippen LogP contribution is 2.46. The molecule has 0 aliphatic carbocycles. The molecule has 0 N–H and O–H groups in total. The van der Waals surface area contributed by atoms with E-state index in [9.17, 15) is 0 Å². The summed E-state index contributed by atoms with van der Waals surface area (Å²) in [7, 11) is 0. The van der Waals surface area contributed by atoms with E-state index in [-0.39, 0.29) is 0 Å². The van der Waals surface area contributed by atoms with Crippen molar-refractivity contribution in [1.29, 1.82) is 0 Å². The smallest absolute Gasteiger partial charge is 0.126 e. The summed E-state index contributed by atoms with van der Waals surface area (Å²) < 4.78 is 3.64. The lowest BCUT2D eigenvalue weighted by Crippen LogP contribution is -1.97. The summed E-state index contributed by atoms with van der Waals surface area (Å²) in [5.74, 6) is 0. The lowest BCUT2D eigenvalue weighted by molar-refractivity contribution is 1.14. The van der Waals surface area contributed by atoms with E-state index in [1.165, 1.54) is 59.5 Å². The molecule has 0 radical (unpaired) electrons. The predicted molar refractivity (Wildman–Crippen MR) is 211 cm³/mol. The third-order valence-electron chi connectivity index (χ3n) is 9.65. The Hall–Kier alpha value is -6.36. The van der Waals surface area contributed by atoms with E-state index >= 15 is 0 Å². The van der Waals surface area contributed by atoms with Crippen LogP contribution in [0.3, 0.4) is 0 Å². The quantitative estimate of drug-likeness (QED) is 0.185. The number of thiazole rings is 1. The van der Waals surface area contributed by atoms with Crippen molar-refractivity contribution in [3.63, 3.8) is 0 Å². The first-order valence-corrected chi connectivity index (χ1v) is 17.6. The second-order valence-corrected chi connectivity index (χ2v) is 13.7. The molecule has 0 unspecified atom stereocenters. The molecule has 4 heteroatoms. The lowest BCUT2D eigenvalue weighted by atomic mass is 9.94. The number of nitrogens with zero attached hydrogens (tertiary/aromatic N) is 3. The number of aromatic nitrogens is 3. The molecule has 0 bridgehead atoms. The van der Waals surface area contributed by atoms with Crippen molar-refractivity contribution in [2.24, 2.45) is 0 Å². The summed E-state index contributed by atoms with van der Waals surface area (Å²) in [5, 5.41) is 7.08. The van der Waals surface area contributed by atoms with Crippen LogP contribution in [0.4, 0.5) is 0 Å². The average Bonchev–Trinajstić information content (AvgIpc) is 3.78. The molecule has 10 aromatic rings. The molecule has 10 rings (SSSR count). The highest BCUT2D eigenvalue weighted by molar-refractivity contribution is 7.21. The minimum Gasteiger partial charge on any atom is -0.309 e. The first kappa shape index (κ1) is 28.6. The van der Waals surface area contributed by atoms with Crippen LogP contribution >= 0.6 is 11.3 Å². The number of hydrogen-bond donors (Lipinski definition) is 0. The molecule has 0 saturated heterocycles. The van der Waals surface area contributed by atoms with Crippen molar-refractivity contribution >= 4 is 54.0 Å². The van der Waals surface area contributed by atoms with E-state index in [1.807, 2.05) is 12.3 Å². The average molecular weight is 656 g/mol. The van der Waals surface area contributed by atoms with Crippen molar-refractivity contribution < 1.29 is 0 Å². The maximum atomic E-state index is 4.91. The third kappa shape index (κ3) is 4.73. The molecule has 234 valence electrons. The molecule has 0 spiro atoms. The van der Waals surface area contributed by atoms with Gasteiger partial charge >= 0.3 is 0 Å². The molecular weight excluding hydrogens is 627 g/mol. The van der Waals surface area contributed by atoms with Gasteiger partial charge in [-0.1, -0.05) is 121 Å². The third-order valence-corrected chi connectivity index (χ3v) is 10.7. The Labute approximate surface area is 293 Å². The monoisotopic (exact) mass is 655 g/mol. The standard InChI is InChI=1S/C46H29N3S/c1-3-12-31(13-4-1)43-44-38-24-20-35(39-25-21-36(29-47-39)46-48-40-17-9-10-18-42(40)50-46)27-34(38)22-26-41(44)49(45(43)32-14-5-2-6-15-32)37-23-19-30-11-7-8-16-33(30)28-37/h1-29H. The molecule has 0 amide bonds. The summed E-state index contributed by atoms with van der Waals surface area (Å²) in [4.78, 5) is 9.75.